The molecule has 2 nitrogen and oxygen atoms in total. The van der Waals surface area contributed by atoms with Crippen LogP contribution in [0, 0.1) is 0 Å². The summed E-state index contributed by atoms with van der Waals surface area (Å²) in [5, 5.41) is 3.25. The van der Waals surface area contributed by atoms with Crippen molar-refractivity contribution in [2.75, 3.05) is 20.3 Å². The molecule has 0 aliphatic heterocycles. The number of halogens is 1. The molecule has 15 heavy (non-hydrogen) atoms. The second kappa shape index (κ2) is 6.40. The molecule has 0 amide bonds. The summed E-state index contributed by atoms with van der Waals surface area (Å²) in [6, 6.07) is 8.06. The molecule has 1 N–H and O–H groups in total. The van der Waals surface area contributed by atoms with Crippen LogP contribution >= 0.6 is 0 Å². The number of benzene rings is 1. The molecule has 0 saturated heterocycles. The van der Waals surface area contributed by atoms with Gasteiger partial charge in [-0.2, -0.15) is 0 Å². The predicted molar refractivity (Wildman–Crippen MR) is 60.0 cm³/mol. The molecular formula is C12H18FNO. The Morgan fingerprint density at radius 2 is 2.13 bits per heavy atom. The first kappa shape index (κ1) is 12.0. The Hall–Kier alpha value is -1.09. The van der Waals surface area contributed by atoms with Crippen LogP contribution in [0.3, 0.4) is 0 Å². The molecule has 0 fully saturated rings. The van der Waals surface area contributed by atoms with E-state index in [1.807, 2.05) is 24.3 Å². The summed E-state index contributed by atoms with van der Waals surface area (Å²) in [6.07, 6.45) is 0.555. The molecule has 1 aromatic rings. The SMILES string of the molecule is COc1ccccc1[C@@H](C)NCCCF. The number of para-hydroxylation sites is 1. The van der Waals surface area contributed by atoms with Crippen molar-refractivity contribution >= 4 is 0 Å². The summed E-state index contributed by atoms with van der Waals surface area (Å²) in [6.45, 7) is 2.47. The monoisotopic (exact) mass is 211 g/mol. The molecule has 0 spiro atoms. The van der Waals surface area contributed by atoms with Crippen molar-refractivity contribution in [3.63, 3.8) is 0 Å². The highest BCUT2D eigenvalue weighted by molar-refractivity contribution is 5.35. The zero-order valence-electron chi connectivity index (χ0n) is 9.29. The van der Waals surface area contributed by atoms with Crippen LogP contribution in [-0.2, 0) is 0 Å². The van der Waals surface area contributed by atoms with Gasteiger partial charge in [0.05, 0.1) is 13.8 Å². The third-order valence-corrected chi connectivity index (χ3v) is 2.37. The van der Waals surface area contributed by atoms with Crippen LogP contribution in [0.5, 0.6) is 5.75 Å². The lowest BCUT2D eigenvalue weighted by Gasteiger charge is -2.16. The van der Waals surface area contributed by atoms with Gasteiger partial charge in [0.15, 0.2) is 0 Å². The highest BCUT2D eigenvalue weighted by Gasteiger charge is 2.09. The normalized spacial score (nSPS) is 12.5. The molecule has 3 heteroatoms. The van der Waals surface area contributed by atoms with Gasteiger partial charge in [0.2, 0.25) is 0 Å². The Kier molecular flexibility index (Phi) is 5.12. The molecule has 0 bridgehead atoms. The van der Waals surface area contributed by atoms with Gasteiger partial charge in [-0.25, -0.2) is 0 Å². The van der Waals surface area contributed by atoms with Crippen LogP contribution in [0.15, 0.2) is 24.3 Å². The maximum Gasteiger partial charge on any atom is 0.123 e. The van der Waals surface area contributed by atoms with Gasteiger partial charge in [-0.15, -0.1) is 0 Å². The van der Waals surface area contributed by atoms with Gasteiger partial charge in [0, 0.05) is 11.6 Å². The highest BCUT2D eigenvalue weighted by Crippen LogP contribution is 2.23. The Labute approximate surface area is 90.4 Å². The fraction of sp³-hybridized carbons (Fsp3) is 0.500. The Bertz CT molecular complexity index is 291. The number of methoxy groups -OCH3 is 1. The van der Waals surface area contributed by atoms with Gasteiger partial charge in [-0.05, 0) is 26.0 Å². The van der Waals surface area contributed by atoms with Gasteiger partial charge in [-0.3, -0.25) is 4.39 Å². The van der Waals surface area contributed by atoms with Crippen molar-refractivity contribution < 1.29 is 9.13 Å². The average Bonchev–Trinajstić information content (AvgIpc) is 2.29. The fourth-order valence-electron chi connectivity index (χ4n) is 1.52. The minimum atomic E-state index is -0.272. The van der Waals surface area contributed by atoms with Gasteiger partial charge in [-0.1, -0.05) is 18.2 Å². The first-order valence-corrected chi connectivity index (χ1v) is 5.22. The predicted octanol–water partition coefficient (Wildman–Crippen LogP) is 2.71. The Morgan fingerprint density at radius 3 is 2.80 bits per heavy atom. The minimum absolute atomic E-state index is 0.188. The average molecular weight is 211 g/mol. The molecule has 84 valence electrons. The van der Waals surface area contributed by atoms with Crippen molar-refractivity contribution in [1.29, 1.82) is 0 Å². The molecule has 1 rings (SSSR count). The second-order valence-corrected chi connectivity index (χ2v) is 3.46. The van der Waals surface area contributed by atoms with Crippen LogP contribution in [0.25, 0.3) is 0 Å². The molecule has 0 heterocycles. The molecule has 0 radical (unpaired) electrons. The van der Waals surface area contributed by atoms with E-state index in [-0.39, 0.29) is 12.7 Å². The maximum absolute atomic E-state index is 11.9. The summed E-state index contributed by atoms with van der Waals surface area (Å²) >= 11 is 0. The standard InChI is InChI=1S/C12H18FNO/c1-10(14-9-5-8-13)11-6-3-4-7-12(11)15-2/h3-4,6-7,10,14H,5,8-9H2,1-2H3/t10-/m1/s1. The van der Waals surface area contributed by atoms with E-state index in [4.69, 9.17) is 4.74 Å². The van der Waals surface area contributed by atoms with Crippen LogP contribution in [0.4, 0.5) is 4.39 Å². The van der Waals surface area contributed by atoms with E-state index in [9.17, 15) is 4.39 Å². The van der Waals surface area contributed by atoms with E-state index >= 15 is 0 Å². The first-order valence-electron chi connectivity index (χ1n) is 5.22. The zero-order chi connectivity index (χ0) is 11.1. The fourth-order valence-corrected chi connectivity index (χ4v) is 1.52. The number of hydrogen-bond donors (Lipinski definition) is 1. The molecule has 1 aromatic carbocycles. The van der Waals surface area contributed by atoms with E-state index in [0.29, 0.717) is 13.0 Å². The van der Waals surface area contributed by atoms with Crippen molar-refractivity contribution in [3.8, 4) is 5.75 Å². The lowest BCUT2D eigenvalue weighted by molar-refractivity contribution is 0.398. The van der Waals surface area contributed by atoms with E-state index in [1.165, 1.54) is 0 Å². The van der Waals surface area contributed by atoms with Crippen LogP contribution < -0.4 is 10.1 Å². The number of nitrogens with one attached hydrogen (secondary N) is 1. The largest absolute Gasteiger partial charge is 0.496 e. The number of alkyl halides is 1. The summed E-state index contributed by atoms with van der Waals surface area (Å²) in [5.41, 5.74) is 1.11. The molecule has 0 saturated carbocycles. The third-order valence-electron chi connectivity index (χ3n) is 2.37. The number of rotatable bonds is 6. The van der Waals surface area contributed by atoms with Crippen molar-refractivity contribution in [1.82, 2.24) is 5.32 Å². The Balaban J connectivity index is 2.59. The van der Waals surface area contributed by atoms with E-state index in [0.717, 1.165) is 11.3 Å². The number of hydrogen-bond acceptors (Lipinski definition) is 2. The Morgan fingerprint density at radius 1 is 1.40 bits per heavy atom. The summed E-state index contributed by atoms with van der Waals surface area (Å²) in [7, 11) is 1.66. The summed E-state index contributed by atoms with van der Waals surface area (Å²) in [4.78, 5) is 0. The van der Waals surface area contributed by atoms with E-state index < -0.39 is 0 Å². The minimum Gasteiger partial charge on any atom is -0.496 e. The zero-order valence-corrected chi connectivity index (χ0v) is 9.29. The van der Waals surface area contributed by atoms with Crippen LogP contribution in [0.1, 0.15) is 24.9 Å². The molecular weight excluding hydrogens is 193 g/mol. The van der Waals surface area contributed by atoms with Gasteiger partial charge < -0.3 is 10.1 Å². The van der Waals surface area contributed by atoms with E-state index in [1.54, 1.807) is 7.11 Å². The summed E-state index contributed by atoms with van der Waals surface area (Å²) < 4.78 is 17.2. The van der Waals surface area contributed by atoms with Gasteiger partial charge in [0.1, 0.15) is 5.75 Å². The quantitative estimate of drug-likeness (QED) is 0.730. The lowest BCUT2D eigenvalue weighted by Crippen LogP contribution is -2.20. The third kappa shape index (κ3) is 3.51. The molecule has 1 atom stereocenters. The highest BCUT2D eigenvalue weighted by atomic mass is 19.1. The van der Waals surface area contributed by atoms with Crippen molar-refractivity contribution in [2.24, 2.45) is 0 Å². The van der Waals surface area contributed by atoms with E-state index in [2.05, 4.69) is 12.2 Å². The van der Waals surface area contributed by atoms with Gasteiger partial charge >= 0.3 is 0 Å². The van der Waals surface area contributed by atoms with Crippen molar-refractivity contribution in [2.45, 2.75) is 19.4 Å². The second-order valence-electron chi connectivity index (χ2n) is 3.46. The van der Waals surface area contributed by atoms with Crippen molar-refractivity contribution in [3.05, 3.63) is 29.8 Å². The lowest BCUT2D eigenvalue weighted by atomic mass is 10.1. The van der Waals surface area contributed by atoms with Crippen LogP contribution in [-0.4, -0.2) is 20.3 Å². The first-order chi connectivity index (χ1) is 7.29. The topological polar surface area (TPSA) is 21.3 Å². The molecule has 0 aromatic heterocycles. The summed E-state index contributed by atoms with van der Waals surface area (Å²) in [5.74, 6) is 0.873. The maximum atomic E-state index is 11.9. The molecule has 0 aliphatic rings. The smallest absolute Gasteiger partial charge is 0.123 e. The van der Waals surface area contributed by atoms with Crippen LogP contribution in [0.2, 0.25) is 0 Å². The molecule has 0 unspecified atom stereocenters. The number of ether oxygens (including phenoxy) is 1. The molecule has 0 aliphatic carbocycles. The van der Waals surface area contributed by atoms with Gasteiger partial charge in [0.25, 0.3) is 0 Å².